The number of aromatic nitrogens is 2. The number of para-hydroxylation sites is 1. The van der Waals surface area contributed by atoms with Crippen LogP contribution in [0.5, 0.6) is 0 Å². The minimum Gasteiger partial charge on any atom is -0.479 e. The highest BCUT2D eigenvalue weighted by atomic mass is 16.4. The number of carboxylic acid groups (broad SMARTS) is 1. The third-order valence-corrected chi connectivity index (χ3v) is 6.52. The van der Waals surface area contributed by atoms with Crippen molar-refractivity contribution >= 4 is 34.2 Å². The van der Waals surface area contributed by atoms with Crippen LogP contribution < -0.4 is 10.6 Å². The zero-order valence-electron chi connectivity index (χ0n) is 21.0. The van der Waals surface area contributed by atoms with Gasteiger partial charge in [0.15, 0.2) is 12.2 Å². The second-order valence-corrected chi connectivity index (χ2v) is 9.02. The molecule has 2 amide bonds. The Morgan fingerprint density at radius 2 is 1.67 bits per heavy atom. The molecule has 0 bridgehead atoms. The van der Waals surface area contributed by atoms with Crippen molar-refractivity contribution in [3.8, 4) is 0 Å². The van der Waals surface area contributed by atoms with E-state index >= 15 is 0 Å². The summed E-state index contributed by atoms with van der Waals surface area (Å²) in [4.78, 5) is 37.4. The Bertz CT molecular complexity index is 1500. The second-order valence-electron chi connectivity index (χ2n) is 9.02. The van der Waals surface area contributed by atoms with E-state index in [9.17, 15) is 24.6 Å². The Morgan fingerprint density at radius 1 is 0.974 bits per heavy atom. The van der Waals surface area contributed by atoms with E-state index in [1.165, 1.54) is 0 Å². The summed E-state index contributed by atoms with van der Waals surface area (Å²) in [5.74, 6) is -2.73. The summed E-state index contributed by atoms with van der Waals surface area (Å²) >= 11 is 0. The predicted octanol–water partition coefficient (Wildman–Crippen LogP) is 1.47. The third kappa shape index (κ3) is 5.80. The molecule has 3 aromatic carbocycles. The van der Waals surface area contributed by atoms with E-state index < -0.39 is 29.7 Å². The largest absolute Gasteiger partial charge is 0.479 e. The molecule has 202 valence electrons. The van der Waals surface area contributed by atoms with Crippen molar-refractivity contribution in [2.45, 2.75) is 30.8 Å². The van der Waals surface area contributed by atoms with Gasteiger partial charge in [0, 0.05) is 31.3 Å². The van der Waals surface area contributed by atoms with E-state index in [4.69, 9.17) is 10.2 Å². The molecule has 1 aliphatic rings. The summed E-state index contributed by atoms with van der Waals surface area (Å²) < 4.78 is 1.99. The van der Waals surface area contributed by atoms with Gasteiger partial charge < -0.3 is 35.6 Å². The Morgan fingerprint density at radius 3 is 2.36 bits per heavy atom. The molecule has 39 heavy (non-hydrogen) atoms. The van der Waals surface area contributed by atoms with Crippen molar-refractivity contribution in [2.75, 3.05) is 12.4 Å². The lowest BCUT2D eigenvalue weighted by Gasteiger charge is -2.23. The molecule has 0 fully saturated rings. The number of anilines is 1. The number of imidazole rings is 1. The van der Waals surface area contributed by atoms with Crippen molar-refractivity contribution in [2.24, 2.45) is 0 Å². The molecule has 0 aliphatic carbocycles. The van der Waals surface area contributed by atoms with E-state index in [1.807, 2.05) is 34.9 Å². The minimum atomic E-state index is -2.14. The van der Waals surface area contributed by atoms with E-state index in [1.54, 1.807) is 56.0 Å². The normalized spacial score (nSPS) is 17.3. The monoisotopic (exact) mass is 532 g/mol. The van der Waals surface area contributed by atoms with Crippen molar-refractivity contribution in [3.05, 3.63) is 96.1 Å². The molecule has 0 radical (unpaired) electrons. The standard InChI is InChI=1S/C18H17N3O2.C10H11NO5/c1-19-17(22)14-3-2-13-9-15(5-4-12(13)8-14)18(23)6-7-21-11-20-10-16(18)21;12-7(8(13)10(15)16)9(14)11-6-4-2-1-3-5-6/h2-5,8-11,23H,6-7H2,1H3,(H,19,22);1-5,7-8,12-13H,(H,11,14)(H,15,16)/t18-;7-,8-/m10/s1. The van der Waals surface area contributed by atoms with Gasteiger partial charge in [-0.25, -0.2) is 9.78 Å². The van der Waals surface area contributed by atoms with Crippen LogP contribution in [0.3, 0.4) is 0 Å². The lowest BCUT2D eigenvalue weighted by Crippen LogP contribution is -2.42. The number of hydrogen-bond donors (Lipinski definition) is 6. The summed E-state index contributed by atoms with van der Waals surface area (Å²) in [6.07, 6.45) is -0.0100. The lowest BCUT2D eigenvalue weighted by atomic mass is 9.88. The number of nitrogens with one attached hydrogen (secondary N) is 2. The number of carboxylic acids is 1. The molecule has 5 rings (SSSR count). The van der Waals surface area contributed by atoms with E-state index in [-0.39, 0.29) is 5.91 Å². The molecule has 3 atom stereocenters. The topological polar surface area (TPSA) is 174 Å². The fourth-order valence-electron chi connectivity index (χ4n) is 4.35. The van der Waals surface area contributed by atoms with Gasteiger partial charge in [0.1, 0.15) is 5.60 Å². The molecule has 1 aliphatic heterocycles. The zero-order valence-corrected chi connectivity index (χ0v) is 21.0. The van der Waals surface area contributed by atoms with E-state index in [0.717, 1.165) is 28.6 Å². The number of carbonyl (C=O) groups excluding carboxylic acids is 2. The van der Waals surface area contributed by atoms with Gasteiger partial charge in [-0.2, -0.15) is 0 Å². The molecule has 1 aromatic heterocycles. The first-order valence-corrected chi connectivity index (χ1v) is 12.1. The number of fused-ring (bicyclic) bond motifs is 2. The average molecular weight is 533 g/mol. The Kier molecular flexibility index (Phi) is 8.05. The molecule has 0 unspecified atom stereocenters. The Balaban J connectivity index is 0.000000195. The molecule has 0 saturated carbocycles. The van der Waals surface area contributed by atoms with Crippen molar-refractivity contribution < 1.29 is 34.8 Å². The maximum atomic E-state index is 11.7. The summed E-state index contributed by atoms with van der Waals surface area (Å²) in [7, 11) is 1.62. The number of rotatable bonds is 6. The van der Waals surface area contributed by atoms with Gasteiger partial charge in [-0.15, -0.1) is 0 Å². The molecule has 2 heterocycles. The first-order valence-electron chi connectivity index (χ1n) is 12.1. The van der Waals surface area contributed by atoms with Crippen LogP contribution in [0.25, 0.3) is 10.8 Å². The molecule has 11 nitrogen and oxygen atoms in total. The number of aliphatic hydroxyl groups excluding tert-OH is 2. The average Bonchev–Trinajstić information content (AvgIpc) is 3.56. The van der Waals surface area contributed by atoms with Crippen LogP contribution in [0, 0.1) is 0 Å². The van der Waals surface area contributed by atoms with E-state index in [0.29, 0.717) is 17.7 Å². The number of amides is 2. The number of aliphatic hydroxyl groups is 3. The van der Waals surface area contributed by atoms with Gasteiger partial charge >= 0.3 is 5.97 Å². The van der Waals surface area contributed by atoms with Gasteiger partial charge in [0.05, 0.1) is 18.2 Å². The maximum Gasteiger partial charge on any atom is 0.335 e. The zero-order chi connectivity index (χ0) is 28.2. The molecule has 11 heteroatoms. The van der Waals surface area contributed by atoms with Crippen LogP contribution in [-0.2, 0) is 21.7 Å². The summed E-state index contributed by atoms with van der Waals surface area (Å²) in [6.45, 7) is 0.763. The smallest absolute Gasteiger partial charge is 0.335 e. The van der Waals surface area contributed by atoms with Crippen LogP contribution in [0.4, 0.5) is 5.69 Å². The number of hydrogen-bond acceptors (Lipinski definition) is 7. The van der Waals surface area contributed by atoms with Gasteiger partial charge in [-0.3, -0.25) is 9.59 Å². The van der Waals surface area contributed by atoms with Crippen LogP contribution >= 0.6 is 0 Å². The third-order valence-electron chi connectivity index (χ3n) is 6.52. The summed E-state index contributed by atoms with van der Waals surface area (Å²) in [5, 5.41) is 44.5. The Hall–Kier alpha value is -4.58. The molecule has 0 saturated heterocycles. The first-order chi connectivity index (χ1) is 18.6. The van der Waals surface area contributed by atoms with Crippen LogP contribution in [0.2, 0.25) is 0 Å². The van der Waals surface area contributed by atoms with Crippen molar-refractivity contribution in [3.63, 3.8) is 0 Å². The highest BCUT2D eigenvalue weighted by Gasteiger charge is 2.39. The SMILES string of the molecule is CNC(=O)c1ccc2cc([C@]3(O)CCn4cncc43)ccc2c1.O=C(O)[C@@H](O)[C@H](O)C(=O)Nc1ccccc1. The van der Waals surface area contributed by atoms with Gasteiger partial charge in [0.2, 0.25) is 0 Å². The molecule has 4 aromatic rings. The summed E-state index contributed by atoms with van der Waals surface area (Å²) in [6, 6.07) is 19.6. The van der Waals surface area contributed by atoms with E-state index in [2.05, 4.69) is 15.6 Å². The number of aliphatic carboxylic acids is 1. The number of carbonyl (C=O) groups is 3. The van der Waals surface area contributed by atoms with Crippen LogP contribution in [0.1, 0.15) is 28.0 Å². The van der Waals surface area contributed by atoms with Crippen molar-refractivity contribution in [1.29, 1.82) is 0 Å². The quantitative estimate of drug-likeness (QED) is 0.216. The molecule has 0 spiro atoms. The van der Waals surface area contributed by atoms with Gasteiger partial charge in [-0.1, -0.05) is 36.4 Å². The highest BCUT2D eigenvalue weighted by molar-refractivity contribution is 5.99. The van der Waals surface area contributed by atoms with Crippen LogP contribution in [-0.4, -0.2) is 67.0 Å². The second kappa shape index (κ2) is 11.4. The molecule has 6 N–H and O–H groups in total. The predicted molar refractivity (Wildman–Crippen MR) is 142 cm³/mol. The first kappa shape index (κ1) is 27.5. The Labute approximate surface area is 223 Å². The lowest BCUT2D eigenvalue weighted by molar-refractivity contribution is -0.156. The highest BCUT2D eigenvalue weighted by Crippen LogP contribution is 2.39. The number of benzene rings is 3. The minimum absolute atomic E-state index is 0.103. The fraction of sp³-hybridized carbons (Fsp3) is 0.214. The maximum absolute atomic E-state index is 11.7. The van der Waals surface area contributed by atoms with Crippen LogP contribution in [0.15, 0.2) is 79.3 Å². The van der Waals surface area contributed by atoms with Crippen molar-refractivity contribution in [1.82, 2.24) is 14.9 Å². The molecular formula is C28H28N4O7. The number of nitrogens with zero attached hydrogens (tertiary/aromatic N) is 2. The number of aryl methyl sites for hydroxylation is 1. The molecular weight excluding hydrogens is 504 g/mol. The van der Waals surface area contributed by atoms with Gasteiger partial charge in [-0.05, 0) is 46.7 Å². The summed E-state index contributed by atoms with van der Waals surface area (Å²) in [5.41, 5.74) is 1.73. The fourth-order valence-corrected chi connectivity index (χ4v) is 4.35. The van der Waals surface area contributed by atoms with Gasteiger partial charge in [0.25, 0.3) is 11.8 Å².